The molecule has 1 heterocycles. The molecule has 0 aromatic heterocycles. The van der Waals surface area contributed by atoms with E-state index in [1.807, 2.05) is 38.1 Å². The van der Waals surface area contributed by atoms with Crippen LogP contribution in [0.3, 0.4) is 0 Å². The fraction of sp³-hybridized carbons (Fsp3) is 0.667. The number of hydrogen-bond donors (Lipinski definition) is 0. The minimum atomic E-state index is 0. The summed E-state index contributed by atoms with van der Waals surface area (Å²) in [4.78, 5) is 2.48. The molecule has 0 radical (unpaired) electrons. The first-order valence-corrected chi connectivity index (χ1v) is 8.43. The lowest BCUT2D eigenvalue weighted by molar-refractivity contribution is 0.0749. The van der Waals surface area contributed by atoms with Gasteiger partial charge in [0.25, 0.3) is 0 Å². The van der Waals surface area contributed by atoms with E-state index in [9.17, 15) is 0 Å². The zero-order valence-electron chi connectivity index (χ0n) is 14.3. The fourth-order valence-electron chi connectivity index (χ4n) is 2.61. The number of piperidine rings is 1. The third-order valence-electron chi connectivity index (χ3n) is 3.67. The van der Waals surface area contributed by atoms with Crippen molar-refractivity contribution in [3.63, 3.8) is 0 Å². The number of halogens is 1. The van der Waals surface area contributed by atoms with Crippen molar-refractivity contribution < 1.29 is 14.2 Å². The molecule has 132 valence electrons. The average molecular weight is 344 g/mol. The lowest BCUT2D eigenvalue weighted by Gasteiger charge is -2.26. The van der Waals surface area contributed by atoms with Crippen LogP contribution >= 0.6 is 12.4 Å². The van der Waals surface area contributed by atoms with Crippen LogP contribution in [0.1, 0.15) is 33.1 Å². The Labute approximate surface area is 146 Å². The van der Waals surface area contributed by atoms with Gasteiger partial charge in [-0.25, -0.2) is 0 Å². The van der Waals surface area contributed by atoms with Crippen LogP contribution < -0.4 is 9.47 Å². The predicted octanol–water partition coefficient (Wildman–Crippen LogP) is 3.78. The van der Waals surface area contributed by atoms with E-state index in [1.165, 1.54) is 32.4 Å². The molecular weight excluding hydrogens is 314 g/mol. The van der Waals surface area contributed by atoms with E-state index in [4.69, 9.17) is 14.2 Å². The van der Waals surface area contributed by atoms with Crippen molar-refractivity contribution in [1.82, 2.24) is 4.90 Å². The first kappa shape index (κ1) is 20.1. The molecule has 0 bridgehead atoms. The zero-order chi connectivity index (χ0) is 15.6. The van der Waals surface area contributed by atoms with Crippen LogP contribution in [-0.4, -0.2) is 50.5 Å². The summed E-state index contributed by atoms with van der Waals surface area (Å²) >= 11 is 0. The topological polar surface area (TPSA) is 30.9 Å². The molecule has 1 fully saturated rings. The van der Waals surface area contributed by atoms with Gasteiger partial charge in [-0.05, 0) is 51.9 Å². The van der Waals surface area contributed by atoms with Gasteiger partial charge in [0.05, 0.1) is 19.3 Å². The second kappa shape index (κ2) is 11.5. The monoisotopic (exact) mass is 343 g/mol. The first-order valence-electron chi connectivity index (χ1n) is 8.43. The molecular formula is C18H30ClNO3. The third kappa shape index (κ3) is 8.45. The van der Waals surface area contributed by atoms with Crippen LogP contribution in [-0.2, 0) is 4.74 Å². The Balaban J connectivity index is 0.00000264. The van der Waals surface area contributed by atoms with Gasteiger partial charge in [0.1, 0.15) is 18.1 Å². The molecule has 23 heavy (non-hydrogen) atoms. The van der Waals surface area contributed by atoms with Crippen molar-refractivity contribution in [2.24, 2.45) is 0 Å². The van der Waals surface area contributed by atoms with E-state index in [-0.39, 0.29) is 18.5 Å². The highest BCUT2D eigenvalue weighted by Crippen LogP contribution is 2.20. The van der Waals surface area contributed by atoms with E-state index >= 15 is 0 Å². The second-order valence-corrected chi connectivity index (χ2v) is 6.00. The molecule has 0 amide bonds. The second-order valence-electron chi connectivity index (χ2n) is 6.00. The van der Waals surface area contributed by atoms with E-state index in [2.05, 4.69) is 4.90 Å². The Morgan fingerprint density at radius 2 is 1.74 bits per heavy atom. The molecule has 0 N–H and O–H groups in total. The Morgan fingerprint density at radius 3 is 2.48 bits per heavy atom. The molecule has 1 aromatic carbocycles. The number of nitrogens with zero attached hydrogens (tertiary/aromatic N) is 1. The van der Waals surface area contributed by atoms with Crippen LogP contribution in [0.25, 0.3) is 0 Å². The van der Waals surface area contributed by atoms with Gasteiger partial charge in [0.2, 0.25) is 0 Å². The summed E-state index contributed by atoms with van der Waals surface area (Å²) in [5.74, 6) is 1.68. The van der Waals surface area contributed by atoms with Gasteiger partial charge in [-0.1, -0.05) is 12.5 Å². The van der Waals surface area contributed by atoms with Crippen LogP contribution in [0.2, 0.25) is 0 Å². The van der Waals surface area contributed by atoms with E-state index < -0.39 is 0 Å². The third-order valence-corrected chi connectivity index (χ3v) is 3.67. The van der Waals surface area contributed by atoms with Crippen molar-refractivity contribution in [2.45, 2.75) is 39.2 Å². The Hall–Kier alpha value is -0.970. The van der Waals surface area contributed by atoms with Gasteiger partial charge < -0.3 is 19.1 Å². The highest BCUT2D eigenvalue weighted by atomic mass is 35.5. The van der Waals surface area contributed by atoms with Gasteiger partial charge >= 0.3 is 0 Å². The van der Waals surface area contributed by atoms with Crippen LogP contribution in [0.4, 0.5) is 0 Å². The maximum atomic E-state index is 5.70. The van der Waals surface area contributed by atoms with Gasteiger partial charge in [-0.15, -0.1) is 12.4 Å². The normalized spacial score (nSPS) is 15.3. The SMILES string of the molecule is CC(C)Oc1cccc(OCCOCCN2CCCCC2)c1.Cl. The molecule has 1 aromatic rings. The summed E-state index contributed by atoms with van der Waals surface area (Å²) < 4.78 is 17.0. The van der Waals surface area contributed by atoms with Gasteiger partial charge in [-0.3, -0.25) is 0 Å². The van der Waals surface area contributed by atoms with E-state index in [0.717, 1.165) is 24.7 Å². The van der Waals surface area contributed by atoms with Crippen molar-refractivity contribution in [1.29, 1.82) is 0 Å². The highest BCUT2D eigenvalue weighted by molar-refractivity contribution is 5.85. The molecule has 2 rings (SSSR count). The van der Waals surface area contributed by atoms with Crippen LogP contribution in [0, 0.1) is 0 Å². The largest absolute Gasteiger partial charge is 0.491 e. The molecule has 1 aliphatic rings. The Kier molecular flexibility index (Phi) is 10.1. The molecule has 0 spiro atoms. The quantitative estimate of drug-likeness (QED) is 0.638. The van der Waals surface area contributed by atoms with Gasteiger partial charge in [0, 0.05) is 12.6 Å². The summed E-state index contributed by atoms with van der Waals surface area (Å²) in [6, 6.07) is 7.76. The molecule has 1 aliphatic heterocycles. The number of hydrogen-bond acceptors (Lipinski definition) is 4. The molecule has 0 saturated carbocycles. The lowest BCUT2D eigenvalue weighted by atomic mass is 10.1. The van der Waals surface area contributed by atoms with Crippen molar-refractivity contribution in [3.05, 3.63) is 24.3 Å². The van der Waals surface area contributed by atoms with E-state index in [1.54, 1.807) is 0 Å². The smallest absolute Gasteiger partial charge is 0.123 e. The van der Waals surface area contributed by atoms with Gasteiger partial charge in [0.15, 0.2) is 0 Å². The summed E-state index contributed by atoms with van der Waals surface area (Å²) in [5.41, 5.74) is 0. The molecule has 1 saturated heterocycles. The van der Waals surface area contributed by atoms with Gasteiger partial charge in [-0.2, -0.15) is 0 Å². The summed E-state index contributed by atoms with van der Waals surface area (Å²) in [5, 5.41) is 0. The molecule has 0 unspecified atom stereocenters. The minimum absolute atomic E-state index is 0. The summed E-state index contributed by atoms with van der Waals surface area (Å²) in [6.45, 7) is 9.52. The predicted molar refractivity (Wildman–Crippen MR) is 96.1 cm³/mol. The first-order chi connectivity index (χ1) is 10.7. The molecule has 0 aliphatic carbocycles. The molecule has 5 heteroatoms. The number of benzene rings is 1. The molecule has 4 nitrogen and oxygen atoms in total. The number of rotatable bonds is 9. The minimum Gasteiger partial charge on any atom is -0.491 e. The molecule has 0 atom stereocenters. The lowest BCUT2D eigenvalue weighted by Crippen LogP contribution is -2.32. The number of ether oxygens (including phenoxy) is 3. The van der Waals surface area contributed by atoms with Crippen molar-refractivity contribution in [3.8, 4) is 11.5 Å². The van der Waals surface area contributed by atoms with E-state index in [0.29, 0.717) is 13.2 Å². The maximum absolute atomic E-state index is 5.70. The fourth-order valence-corrected chi connectivity index (χ4v) is 2.61. The average Bonchev–Trinajstić information content (AvgIpc) is 2.51. The number of likely N-dealkylation sites (tertiary alicyclic amines) is 1. The summed E-state index contributed by atoms with van der Waals surface area (Å²) in [6.07, 6.45) is 4.22. The summed E-state index contributed by atoms with van der Waals surface area (Å²) in [7, 11) is 0. The van der Waals surface area contributed by atoms with Crippen LogP contribution in [0.15, 0.2) is 24.3 Å². The highest BCUT2D eigenvalue weighted by Gasteiger charge is 2.08. The zero-order valence-corrected chi connectivity index (χ0v) is 15.1. The standard InChI is InChI=1S/C18H29NO3.ClH/c1-16(2)22-18-8-6-7-17(15-18)21-14-13-20-12-11-19-9-4-3-5-10-19;/h6-8,15-16H,3-5,9-14H2,1-2H3;1H. The Morgan fingerprint density at radius 1 is 1.00 bits per heavy atom. The van der Waals surface area contributed by atoms with Crippen molar-refractivity contribution in [2.75, 3.05) is 39.5 Å². The van der Waals surface area contributed by atoms with Crippen molar-refractivity contribution >= 4 is 12.4 Å². The maximum Gasteiger partial charge on any atom is 0.123 e. The van der Waals surface area contributed by atoms with Crippen LogP contribution in [0.5, 0.6) is 11.5 Å². The Bertz CT molecular complexity index is 422.